The summed E-state index contributed by atoms with van der Waals surface area (Å²) in [4.78, 5) is 28.7. The first-order valence-corrected chi connectivity index (χ1v) is 8.93. The van der Waals surface area contributed by atoms with Crippen molar-refractivity contribution in [2.75, 3.05) is 7.11 Å². The smallest absolute Gasteiger partial charge is 0.341 e. The zero-order valence-electron chi connectivity index (χ0n) is 16.4. The van der Waals surface area contributed by atoms with Crippen molar-refractivity contribution in [1.82, 2.24) is 14.9 Å². The number of carbonyl (C=O) groups is 2. The maximum Gasteiger partial charge on any atom is 0.341 e. The van der Waals surface area contributed by atoms with E-state index in [9.17, 15) is 9.59 Å². The summed E-state index contributed by atoms with van der Waals surface area (Å²) < 4.78 is 12.3. The van der Waals surface area contributed by atoms with Gasteiger partial charge in [-0.05, 0) is 45.0 Å². The number of aromatic nitrogens is 2. The van der Waals surface area contributed by atoms with E-state index in [1.165, 1.54) is 7.11 Å². The molecular weight excluding hydrogens is 358 g/mol. The molecule has 0 aromatic carbocycles. The predicted molar refractivity (Wildman–Crippen MR) is 103 cm³/mol. The number of esters is 1. The normalized spacial score (nSPS) is 10.7. The monoisotopic (exact) mass is 381 g/mol. The number of hydrogen-bond acceptors (Lipinski definition) is 5. The lowest BCUT2D eigenvalue weighted by Gasteiger charge is -2.09. The Morgan fingerprint density at radius 2 is 1.96 bits per heavy atom. The number of amides is 1. The minimum atomic E-state index is -0.461. The molecule has 0 saturated carbocycles. The standard InChI is InChI=1S/C21H23N3O4/c1-13-9-18(14(2)24(13)12-16-7-5-6-8-22-16)20(25)23-11-17-10-19(15(3)28-17)21(26)27-4/h5-10H,11-12H2,1-4H3,(H,23,25). The minimum absolute atomic E-state index is 0.181. The van der Waals surface area contributed by atoms with Gasteiger partial charge in [-0.15, -0.1) is 0 Å². The molecule has 3 aromatic heterocycles. The van der Waals surface area contributed by atoms with Crippen molar-refractivity contribution < 1.29 is 18.7 Å². The molecule has 0 spiro atoms. The fourth-order valence-electron chi connectivity index (χ4n) is 3.13. The highest BCUT2D eigenvalue weighted by atomic mass is 16.5. The predicted octanol–water partition coefficient (Wildman–Crippen LogP) is 3.17. The summed E-state index contributed by atoms with van der Waals surface area (Å²) in [6, 6.07) is 9.22. The molecule has 0 saturated heterocycles. The van der Waals surface area contributed by atoms with E-state index in [0.29, 0.717) is 29.2 Å². The summed E-state index contributed by atoms with van der Waals surface area (Å²) >= 11 is 0. The van der Waals surface area contributed by atoms with E-state index in [4.69, 9.17) is 9.15 Å². The van der Waals surface area contributed by atoms with Gasteiger partial charge < -0.3 is 19.0 Å². The van der Waals surface area contributed by atoms with Crippen LogP contribution in [-0.2, 0) is 17.8 Å². The minimum Gasteiger partial charge on any atom is -0.465 e. The van der Waals surface area contributed by atoms with Crippen molar-refractivity contribution in [2.24, 2.45) is 0 Å². The van der Waals surface area contributed by atoms with E-state index in [0.717, 1.165) is 17.1 Å². The molecule has 0 fully saturated rings. The third-order valence-corrected chi connectivity index (χ3v) is 4.66. The van der Waals surface area contributed by atoms with Crippen LogP contribution in [0, 0.1) is 20.8 Å². The Morgan fingerprint density at radius 3 is 2.64 bits per heavy atom. The van der Waals surface area contributed by atoms with E-state index >= 15 is 0 Å². The lowest BCUT2D eigenvalue weighted by atomic mass is 10.2. The number of pyridine rings is 1. The molecule has 0 bridgehead atoms. The molecule has 1 amide bonds. The number of furan rings is 1. The second-order valence-corrected chi connectivity index (χ2v) is 6.55. The third kappa shape index (κ3) is 3.98. The van der Waals surface area contributed by atoms with Gasteiger partial charge in [-0.3, -0.25) is 9.78 Å². The van der Waals surface area contributed by atoms with Crippen LogP contribution in [0.4, 0.5) is 0 Å². The van der Waals surface area contributed by atoms with E-state index in [2.05, 4.69) is 14.9 Å². The van der Waals surface area contributed by atoms with Crippen LogP contribution in [0.25, 0.3) is 0 Å². The van der Waals surface area contributed by atoms with Gasteiger partial charge in [-0.2, -0.15) is 0 Å². The molecule has 146 valence electrons. The average molecular weight is 381 g/mol. The molecule has 0 radical (unpaired) electrons. The Hall–Kier alpha value is -3.35. The third-order valence-electron chi connectivity index (χ3n) is 4.66. The summed E-state index contributed by atoms with van der Waals surface area (Å²) in [5.41, 5.74) is 3.74. The Kier molecular flexibility index (Phi) is 5.63. The molecule has 0 unspecified atom stereocenters. The largest absolute Gasteiger partial charge is 0.465 e. The van der Waals surface area contributed by atoms with Crippen molar-refractivity contribution in [2.45, 2.75) is 33.9 Å². The molecular formula is C21H23N3O4. The molecule has 0 aliphatic heterocycles. The van der Waals surface area contributed by atoms with Crippen molar-refractivity contribution in [1.29, 1.82) is 0 Å². The number of nitrogens with zero attached hydrogens (tertiary/aromatic N) is 2. The first-order valence-electron chi connectivity index (χ1n) is 8.93. The highest BCUT2D eigenvalue weighted by Crippen LogP contribution is 2.18. The molecule has 7 heteroatoms. The van der Waals surface area contributed by atoms with Crippen LogP contribution in [0.5, 0.6) is 0 Å². The van der Waals surface area contributed by atoms with Crippen LogP contribution in [-0.4, -0.2) is 28.5 Å². The Labute approximate surface area is 163 Å². The zero-order valence-corrected chi connectivity index (χ0v) is 16.4. The van der Waals surface area contributed by atoms with Gasteiger partial charge in [0, 0.05) is 17.6 Å². The lowest BCUT2D eigenvalue weighted by Crippen LogP contribution is -2.23. The number of nitrogens with one attached hydrogen (secondary N) is 1. The van der Waals surface area contributed by atoms with E-state index in [1.54, 1.807) is 19.2 Å². The lowest BCUT2D eigenvalue weighted by molar-refractivity contribution is 0.0598. The summed E-state index contributed by atoms with van der Waals surface area (Å²) in [5.74, 6) is 0.295. The van der Waals surface area contributed by atoms with E-state index < -0.39 is 5.97 Å². The van der Waals surface area contributed by atoms with Gasteiger partial charge in [-0.1, -0.05) is 6.07 Å². The van der Waals surface area contributed by atoms with Gasteiger partial charge in [0.2, 0.25) is 0 Å². The summed E-state index contributed by atoms with van der Waals surface area (Å²) in [6.07, 6.45) is 1.76. The quantitative estimate of drug-likeness (QED) is 0.663. The van der Waals surface area contributed by atoms with E-state index in [-0.39, 0.29) is 12.5 Å². The van der Waals surface area contributed by atoms with Crippen LogP contribution in [0.3, 0.4) is 0 Å². The topological polar surface area (TPSA) is 86.4 Å². The second-order valence-electron chi connectivity index (χ2n) is 6.55. The van der Waals surface area contributed by atoms with Crippen molar-refractivity contribution in [3.8, 4) is 0 Å². The average Bonchev–Trinajstić information content (AvgIpc) is 3.20. The maximum atomic E-state index is 12.7. The highest BCUT2D eigenvalue weighted by Gasteiger charge is 2.18. The number of methoxy groups -OCH3 is 1. The van der Waals surface area contributed by atoms with Crippen LogP contribution in [0.1, 0.15) is 49.3 Å². The summed E-state index contributed by atoms with van der Waals surface area (Å²) in [7, 11) is 1.32. The Bertz CT molecular complexity index is 1000. The van der Waals surface area contributed by atoms with Gasteiger partial charge in [-0.25, -0.2) is 4.79 Å². The Balaban J connectivity index is 1.71. The highest BCUT2D eigenvalue weighted by molar-refractivity contribution is 5.95. The van der Waals surface area contributed by atoms with Crippen molar-refractivity contribution >= 4 is 11.9 Å². The fraction of sp³-hybridized carbons (Fsp3) is 0.286. The van der Waals surface area contributed by atoms with Crippen molar-refractivity contribution in [3.63, 3.8) is 0 Å². The maximum absolute atomic E-state index is 12.7. The van der Waals surface area contributed by atoms with Gasteiger partial charge >= 0.3 is 5.97 Å². The van der Waals surface area contributed by atoms with Crippen molar-refractivity contribution in [3.05, 3.63) is 76.3 Å². The van der Waals surface area contributed by atoms with Crippen LogP contribution < -0.4 is 5.32 Å². The summed E-state index contributed by atoms with van der Waals surface area (Å²) in [5, 5.41) is 2.84. The first-order chi connectivity index (χ1) is 13.4. The number of hydrogen-bond donors (Lipinski definition) is 1. The zero-order chi connectivity index (χ0) is 20.3. The number of aryl methyl sites for hydroxylation is 2. The van der Waals surface area contributed by atoms with Gasteiger partial charge in [0.1, 0.15) is 17.1 Å². The summed E-state index contributed by atoms with van der Waals surface area (Å²) in [6.45, 7) is 6.34. The molecule has 3 aromatic rings. The molecule has 0 aliphatic rings. The van der Waals surface area contributed by atoms with Gasteiger partial charge in [0.15, 0.2) is 0 Å². The molecule has 3 rings (SSSR count). The van der Waals surface area contributed by atoms with E-state index in [1.807, 2.05) is 38.1 Å². The fourth-order valence-corrected chi connectivity index (χ4v) is 3.13. The number of ether oxygens (including phenoxy) is 1. The molecule has 0 atom stereocenters. The first kappa shape index (κ1) is 19.4. The molecule has 0 aliphatic carbocycles. The number of carbonyl (C=O) groups excluding carboxylic acids is 2. The SMILES string of the molecule is COC(=O)c1cc(CNC(=O)c2cc(C)n(Cc3ccccn3)c2C)oc1C. The molecule has 7 nitrogen and oxygen atoms in total. The molecule has 1 N–H and O–H groups in total. The van der Waals surface area contributed by atoms with Crippen LogP contribution in [0.15, 0.2) is 40.9 Å². The Morgan fingerprint density at radius 1 is 1.18 bits per heavy atom. The van der Waals surface area contributed by atoms with Crippen LogP contribution >= 0.6 is 0 Å². The second kappa shape index (κ2) is 8.12. The number of rotatable bonds is 6. The molecule has 28 heavy (non-hydrogen) atoms. The van der Waals surface area contributed by atoms with Gasteiger partial charge in [0.25, 0.3) is 5.91 Å². The van der Waals surface area contributed by atoms with Gasteiger partial charge in [0.05, 0.1) is 31.5 Å². The molecule has 3 heterocycles. The van der Waals surface area contributed by atoms with Crippen LogP contribution in [0.2, 0.25) is 0 Å².